The van der Waals surface area contributed by atoms with Gasteiger partial charge in [0.25, 0.3) is 0 Å². The van der Waals surface area contributed by atoms with Gasteiger partial charge in [-0.15, -0.1) is 11.8 Å². The summed E-state index contributed by atoms with van der Waals surface area (Å²) in [5, 5.41) is 9.21. The summed E-state index contributed by atoms with van der Waals surface area (Å²) in [6.07, 6.45) is 5.16. The molecule has 4 heteroatoms. The Morgan fingerprint density at radius 1 is 1.32 bits per heavy atom. The first-order valence-corrected chi connectivity index (χ1v) is 6.96. The van der Waals surface area contributed by atoms with Crippen molar-refractivity contribution in [3.8, 4) is 6.07 Å². The molecule has 19 heavy (non-hydrogen) atoms. The second-order valence-corrected chi connectivity index (χ2v) is 4.82. The van der Waals surface area contributed by atoms with Gasteiger partial charge in [0.2, 0.25) is 0 Å². The Morgan fingerprint density at radius 3 is 2.58 bits per heavy atom. The monoisotopic (exact) mass is 268 g/mol. The van der Waals surface area contributed by atoms with Crippen LogP contribution in [0.25, 0.3) is 0 Å². The summed E-state index contributed by atoms with van der Waals surface area (Å²) < 4.78 is 0. The van der Waals surface area contributed by atoms with E-state index in [1.54, 1.807) is 48.4 Å². The molecular formula is C15H12N2OS. The lowest BCUT2D eigenvalue weighted by molar-refractivity contribution is 0.0978. The van der Waals surface area contributed by atoms with Crippen LogP contribution in [0.3, 0.4) is 0 Å². The third-order valence-corrected chi connectivity index (χ3v) is 3.53. The summed E-state index contributed by atoms with van der Waals surface area (Å²) in [6.45, 7) is 0. The van der Waals surface area contributed by atoms with Crippen LogP contribution >= 0.6 is 11.8 Å². The van der Waals surface area contributed by atoms with E-state index in [1.807, 2.05) is 18.4 Å². The third kappa shape index (κ3) is 3.01. The number of ketones is 1. The summed E-state index contributed by atoms with van der Waals surface area (Å²) >= 11 is 1.61. The van der Waals surface area contributed by atoms with Crippen molar-refractivity contribution in [3.05, 3.63) is 59.9 Å². The van der Waals surface area contributed by atoms with Crippen molar-refractivity contribution in [2.75, 3.05) is 6.26 Å². The highest BCUT2D eigenvalue weighted by Crippen LogP contribution is 2.21. The Kier molecular flexibility index (Phi) is 4.32. The van der Waals surface area contributed by atoms with Crippen molar-refractivity contribution in [2.45, 2.75) is 10.8 Å². The van der Waals surface area contributed by atoms with Crippen LogP contribution in [0.1, 0.15) is 21.8 Å². The van der Waals surface area contributed by atoms with E-state index < -0.39 is 5.92 Å². The zero-order valence-corrected chi connectivity index (χ0v) is 11.2. The van der Waals surface area contributed by atoms with Crippen LogP contribution in [0.15, 0.2) is 53.7 Å². The minimum atomic E-state index is -0.797. The smallest absolute Gasteiger partial charge is 0.184 e. The number of rotatable bonds is 4. The number of aromatic nitrogens is 1. The van der Waals surface area contributed by atoms with E-state index in [-0.39, 0.29) is 5.78 Å². The summed E-state index contributed by atoms with van der Waals surface area (Å²) in [5.41, 5.74) is 1.18. The molecule has 0 N–H and O–H groups in total. The summed E-state index contributed by atoms with van der Waals surface area (Å²) in [4.78, 5) is 17.4. The van der Waals surface area contributed by atoms with Crippen LogP contribution in [0.2, 0.25) is 0 Å². The lowest BCUT2D eigenvalue weighted by atomic mass is 9.93. The van der Waals surface area contributed by atoms with Crippen LogP contribution in [-0.2, 0) is 0 Å². The minimum absolute atomic E-state index is 0.192. The molecule has 0 aliphatic carbocycles. The molecule has 0 radical (unpaired) electrons. The first-order chi connectivity index (χ1) is 9.26. The first-order valence-electron chi connectivity index (χ1n) is 5.74. The SMILES string of the molecule is CSc1ccc(C(=O)C(C#N)c2cccnc2)cc1. The zero-order valence-electron chi connectivity index (χ0n) is 10.4. The maximum Gasteiger partial charge on any atom is 0.184 e. The standard InChI is InChI=1S/C15H12N2OS/c1-19-13-6-4-11(5-7-13)15(18)14(9-16)12-3-2-8-17-10-12/h2-8,10,14H,1H3. The van der Waals surface area contributed by atoms with E-state index in [9.17, 15) is 10.1 Å². The number of pyridine rings is 1. The van der Waals surface area contributed by atoms with Crippen LogP contribution in [0.4, 0.5) is 0 Å². The van der Waals surface area contributed by atoms with Crippen molar-refractivity contribution >= 4 is 17.5 Å². The van der Waals surface area contributed by atoms with Crippen molar-refractivity contribution in [1.82, 2.24) is 4.98 Å². The molecule has 0 bridgehead atoms. The van der Waals surface area contributed by atoms with Crippen LogP contribution in [0.5, 0.6) is 0 Å². The highest BCUT2D eigenvalue weighted by atomic mass is 32.2. The fraction of sp³-hybridized carbons (Fsp3) is 0.133. The molecule has 1 atom stereocenters. The number of nitriles is 1. The summed E-state index contributed by atoms with van der Waals surface area (Å²) in [5.74, 6) is -0.989. The number of Topliss-reactive ketones (excluding diaryl/α,β-unsaturated/α-hetero) is 1. The van der Waals surface area contributed by atoms with E-state index in [0.717, 1.165) is 4.90 Å². The molecule has 0 saturated heterocycles. The van der Waals surface area contributed by atoms with Crippen molar-refractivity contribution in [3.63, 3.8) is 0 Å². The molecule has 2 aromatic rings. The van der Waals surface area contributed by atoms with Gasteiger partial charge in [-0.2, -0.15) is 5.26 Å². The molecule has 2 rings (SSSR count). The first kappa shape index (κ1) is 13.3. The average Bonchev–Trinajstić information content (AvgIpc) is 2.49. The minimum Gasteiger partial charge on any atom is -0.292 e. The predicted octanol–water partition coefficient (Wildman–Crippen LogP) is 3.29. The van der Waals surface area contributed by atoms with E-state index in [1.165, 1.54) is 0 Å². The van der Waals surface area contributed by atoms with Gasteiger partial charge in [-0.25, -0.2) is 0 Å². The van der Waals surface area contributed by atoms with E-state index >= 15 is 0 Å². The van der Waals surface area contributed by atoms with Gasteiger partial charge in [-0.3, -0.25) is 9.78 Å². The Labute approximate surface area is 116 Å². The van der Waals surface area contributed by atoms with E-state index in [2.05, 4.69) is 11.1 Å². The fourth-order valence-corrected chi connectivity index (χ4v) is 2.16. The largest absolute Gasteiger partial charge is 0.292 e. The number of carbonyl (C=O) groups excluding carboxylic acids is 1. The molecule has 3 nitrogen and oxygen atoms in total. The van der Waals surface area contributed by atoms with Gasteiger partial charge in [-0.1, -0.05) is 18.2 Å². The Morgan fingerprint density at radius 2 is 2.05 bits per heavy atom. The van der Waals surface area contributed by atoms with Gasteiger partial charge < -0.3 is 0 Å². The third-order valence-electron chi connectivity index (χ3n) is 2.78. The molecule has 0 fully saturated rings. The second kappa shape index (κ2) is 6.17. The maximum atomic E-state index is 12.3. The lowest BCUT2D eigenvalue weighted by Crippen LogP contribution is -2.11. The molecule has 0 spiro atoms. The molecule has 0 aliphatic heterocycles. The molecule has 94 valence electrons. The Bertz CT molecular complexity index is 602. The molecule has 1 aromatic heterocycles. The topological polar surface area (TPSA) is 53.8 Å². The highest BCUT2D eigenvalue weighted by Gasteiger charge is 2.21. The highest BCUT2D eigenvalue weighted by molar-refractivity contribution is 7.98. The number of carbonyl (C=O) groups is 1. The van der Waals surface area contributed by atoms with Crippen LogP contribution in [-0.4, -0.2) is 17.0 Å². The molecule has 1 unspecified atom stereocenters. The second-order valence-electron chi connectivity index (χ2n) is 3.94. The number of nitrogens with zero attached hydrogens (tertiary/aromatic N) is 2. The molecule has 0 amide bonds. The predicted molar refractivity (Wildman–Crippen MR) is 75.1 cm³/mol. The van der Waals surface area contributed by atoms with Gasteiger partial charge in [0, 0.05) is 22.9 Å². The Balaban J connectivity index is 2.29. The van der Waals surface area contributed by atoms with E-state index in [4.69, 9.17) is 0 Å². The molecular weight excluding hydrogens is 256 g/mol. The Hall–Kier alpha value is -2.12. The van der Waals surface area contributed by atoms with Gasteiger partial charge in [0.1, 0.15) is 5.92 Å². The molecule has 1 aromatic carbocycles. The maximum absolute atomic E-state index is 12.3. The van der Waals surface area contributed by atoms with E-state index in [0.29, 0.717) is 11.1 Å². The van der Waals surface area contributed by atoms with Gasteiger partial charge >= 0.3 is 0 Å². The fourth-order valence-electron chi connectivity index (χ4n) is 1.75. The lowest BCUT2D eigenvalue weighted by Gasteiger charge is -2.08. The quantitative estimate of drug-likeness (QED) is 0.630. The van der Waals surface area contributed by atoms with Crippen molar-refractivity contribution in [1.29, 1.82) is 5.26 Å². The number of benzene rings is 1. The van der Waals surface area contributed by atoms with Crippen molar-refractivity contribution < 1.29 is 4.79 Å². The average molecular weight is 268 g/mol. The van der Waals surface area contributed by atoms with Crippen LogP contribution < -0.4 is 0 Å². The number of thioether (sulfide) groups is 1. The molecule has 0 aliphatic rings. The van der Waals surface area contributed by atoms with Crippen molar-refractivity contribution in [2.24, 2.45) is 0 Å². The zero-order chi connectivity index (χ0) is 13.7. The van der Waals surface area contributed by atoms with Gasteiger partial charge in [0.15, 0.2) is 5.78 Å². The number of hydrogen-bond acceptors (Lipinski definition) is 4. The molecule has 0 saturated carbocycles. The number of hydrogen-bond donors (Lipinski definition) is 0. The van der Waals surface area contributed by atoms with Gasteiger partial charge in [0.05, 0.1) is 6.07 Å². The molecule has 1 heterocycles. The summed E-state index contributed by atoms with van der Waals surface area (Å²) in [6, 6.07) is 12.8. The van der Waals surface area contributed by atoms with Gasteiger partial charge in [-0.05, 0) is 30.0 Å². The normalized spacial score (nSPS) is 11.6. The summed E-state index contributed by atoms with van der Waals surface area (Å²) in [7, 11) is 0. The van der Waals surface area contributed by atoms with Crippen LogP contribution in [0, 0.1) is 11.3 Å².